The molecule has 16 heavy (non-hydrogen) atoms. The van der Waals surface area contributed by atoms with Gasteiger partial charge in [-0.2, -0.15) is 13.2 Å². The molecule has 1 amide bonds. The normalized spacial score (nSPS) is 11.2. The van der Waals surface area contributed by atoms with Crippen molar-refractivity contribution in [2.24, 2.45) is 5.73 Å². The van der Waals surface area contributed by atoms with E-state index in [1.54, 1.807) is 0 Å². The van der Waals surface area contributed by atoms with Crippen LogP contribution in [0.5, 0.6) is 0 Å². The number of carbonyl (C=O) groups excluding carboxylic acids is 1. The van der Waals surface area contributed by atoms with Crippen molar-refractivity contribution in [2.45, 2.75) is 38.3 Å². The van der Waals surface area contributed by atoms with Crippen LogP contribution in [-0.2, 0) is 4.79 Å². The van der Waals surface area contributed by atoms with Gasteiger partial charge in [-0.05, 0) is 19.3 Å². The molecule has 0 saturated carbocycles. The number of amides is 1. The maximum atomic E-state index is 11.7. The van der Waals surface area contributed by atoms with E-state index in [-0.39, 0.29) is 0 Å². The summed E-state index contributed by atoms with van der Waals surface area (Å²) in [5.74, 6) is -0.576. The number of carbonyl (C=O) groups is 1. The van der Waals surface area contributed by atoms with Crippen LogP contribution in [0.2, 0.25) is 0 Å². The van der Waals surface area contributed by atoms with E-state index < -0.39 is 24.9 Å². The second kappa shape index (κ2) is 7.43. The second-order valence-electron chi connectivity index (χ2n) is 3.39. The van der Waals surface area contributed by atoms with E-state index in [2.05, 4.69) is 17.5 Å². The first-order valence-electron chi connectivity index (χ1n) is 4.93. The Balaban J connectivity index is 3.41. The van der Waals surface area contributed by atoms with Gasteiger partial charge in [-0.3, -0.25) is 4.79 Å². The van der Waals surface area contributed by atoms with Crippen LogP contribution < -0.4 is 11.1 Å². The van der Waals surface area contributed by atoms with Crippen molar-refractivity contribution in [3.8, 4) is 0 Å². The number of hydrogen-bond donors (Lipinski definition) is 2. The zero-order valence-corrected chi connectivity index (χ0v) is 9.59. The molecular formula is C9H15F3N2OS. The molecule has 0 aliphatic rings. The van der Waals surface area contributed by atoms with Crippen molar-refractivity contribution in [1.82, 2.24) is 5.32 Å². The van der Waals surface area contributed by atoms with Gasteiger partial charge in [-0.1, -0.05) is 12.2 Å². The summed E-state index contributed by atoms with van der Waals surface area (Å²) in [5, 5.41) is 2.41. The average Bonchev–Trinajstić information content (AvgIpc) is 2.12. The monoisotopic (exact) mass is 256 g/mol. The zero-order chi connectivity index (χ0) is 12.6. The number of halogens is 3. The molecule has 0 aliphatic carbocycles. The molecular weight excluding hydrogens is 241 g/mol. The molecule has 0 atom stereocenters. The molecule has 3 N–H and O–H groups in total. The number of hydrogen-bond acceptors (Lipinski definition) is 2. The van der Waals surface area contributed by atoms with E-state index in [9.17, 15) is 18.0 Å². The topological polar surface area (TPSA) is 55.1 Å². The van der Waals surface area contributed by atoms with Crippen molar-refractivity contribution in [3.05, 3.63) is 0 Å². The predicted octanol–water partition coefficient (Wildman–Crippen LogP) is 1.90. The highest BCUT2D eigenvalue weighted by Gasteiger charge is 2.27. The van der Waals surface area contributed by atoms with Gasteiger partial charge in [0, 0.05) is 13.0 Å². The van der Waals surface area contributed by atoms with Crippen molar-refractivity contribution in [3.63, 3.8) is 0 Å². The van der Waals surface area contributed by atoms with Crippen LogP contribution in [0, 0.1) is 0 Å². The number of nitrogens with one attached hydrogen (secondary N) is 1. The Hall–Kier alpha value is -0.850. The van der Waals surface area contributed by atoms with Gasteiger partial charge >= 0.3 is 6.18 Å². The van der Waals surface area contributed by atoms with E-state index in [0.29, 0.717) is 24.4 Å². The third-order valence-corrected chi connectivity index (χ3v) is 2.01. The fourth-order valence-electron chi connectivity index (χ4n) is 0.996. The average molecular weight is 256 g/mol. The van der Waals surface area contributed by atoms with Gasteiger partial charge in [0.15, 0.2) is 0 Å². The molecule has 3 nitrogen and oxygen atoms in total. The molecule has 94 valence electrons. The molecule has 0 spiro atoms. The SMILES string of the molecule is NC(=S)CCCCNC(=O)CCC(F)(F)F. The molecule has 0 rings (SSSR count). The quantitative estimate of drug-likeness (QED) is 0.540. The largest absolute Gasteiger partial charge is 0.393 e. The van der Waals surface area contributed by atoms with Gasteiger partial charge in [0.1, 0.15) is 0 Å². The molecule has 7 heteroatoms. The van der Waals surface area contributed by atoms with Gasteiger partial charge in [0.05, 0.1) is 11.4 Å². The van der Waals surface area contributed by atoms with Crippen LogP contribution in [0.1, 0.15) is 32.1 Å². The summed E-state index contributed by atoms with van der Waals surface area (Å²) in [6.07, 6.45) is -3.88. The second-order valence-corrected chi connectivity index (χ2v) is 3.91. The Morgan fingerprint density at radius 2 is 1.88 bits per heavy atom. The summed E-state index contributed by atoms with van der Waals surface area (Å²) in [6.45, 7) is 0.360. The fourth-order valence-corrected chi connectivity index (χ4v) is 1.14. The molecule has 0 unspecified atom stereocenters. The molecule has 0 radical (unpaired) electrons. The van der Waals surface area contributed by atoms with Crippen LogP contribution in [0.25, 0.3) is 0 Å². The molecule has 0 bridgehead atoms. The minimum Gasteiger partial charge on any atom is -0.393 e. The summed E-state index contributed by atoms with van der Waals surface area (Å²) in [6, 6.07) is 0. The van der Waals surface area contributed by atoms with Crippen molar-refractivity contribution in [2.75, 3.05) is 6.54 Å². The Bertz CT molecular complexity index is 243. The minimum atomic E-state index is -4.27. The van der Waals surface area contributed by atoms with Crippen LogP contribution in [0.3, 0.4) is 0 Å². The van der Waals surface area contributed by atoms with Gasteiger partial charge in [-0.15, -0.1) is 0 Å². The molecule has 0 aliphatic heterocycles. The lowest BCUT2D eigenvalue weighted by Crippen LogP contribution is -2.26. The lowest BCUT2D eigenvalue weighted by Gasteiger charge is -2.07. The smallest absolute Gasteiger partial charge is 0.389 e. The molecule has 0 aromatic rings. The van der Waals surface area contributed by atoms with Gasteiger partial charge in [0.2, 0.25) is 5.91 Å². The van der Waals surface area contributed by atoms with E-state index in [1.807, 2.05) is 0 Å². The number of alkyl halides is 3. The summed E-state index contributed by atoms with van der Waals surface area (Å²) in [7, 11) is 0. The van der Waals surface area contributed by atoms with Crippen molar-refractivity contribution < 1.29 is 18.0 Å². The lowest BCUT2D eigenvalue weighted by atomic mass is 10.2. The first-order chi connectivity index (χ1) is 7.31. The Kier molecular flexibility index (Phi) is 7.03. The summed E-state index contributed by atoms with van der Waals surface area (Å²) in [4.78, 5) is 11.3. The predicted molar refractivity (Wildman–Crippen MR) is 58.9 cm³/mol. The van der Waals surface area contributed by atoms with Crippen LogP contribution in [0.15, 0.2) is 0 Å². The summed E-state index contributed by atoms with van der Waals surface area (Å²) < 4.78 is 35.2. The van der Waals surface area contributed by atoms with Crippen LogP contribution in [-0.4, -0.2) is 23.6 Å². The van der Waals surface area contributed by atoms with E-state index >= 15 is 0 Å². The highest BCUT2D eigenvalue weighted by atomic mass is 32.1. The number of thiocarbonyl (C=S) groups is 1. The Morgan fingerprint density at radius 1 is 1.25 bits per heavy atom. The standard InChI is InChI=1S/C9H15F3N2OS/c10-9(11,12)5-4-8(15)14-6-2-1-3-7(13)16/h1-6H2,(H2,13,16)(H,14,15). The molecule has 0 heterocycles. The maximum absolute atomic E-state index is 11.7. The highest BCUT2D eigenvalue weighted by Crippen LogP contribution is 2.20. The Morgan fingerprint density at radius 3 is 2.38 bits per heavy atom. The maximum Gasteiger partial charge on any atom is 0.389 e. The number of rotatable bonds is 7. The van der Waals surface area contributed by atoms with E-state index in [1.165, 1.54) is 0 Å². The fraction of sp³-hybridized carbons (Fsp3) is 0.778. The molecule has 0 aromatic carbocycles. The number of unbranched alkanes of at least 4 members (excludes halogenated alkanes) is 1. The highest BCUT2D eigenvalue weighted by molar-refractivity contribution is 7.80. The van der Waals surface area contributed by atoms with Gasteiger partial charge in [-0.25, -0.2) is 0 Å². The Labute approximate surface area is 97.6 Å². The van der Waals surface area contributed by atoms with Crippen LogP contribution in [0.4, 0.5) is 13.2 Å². The van der Waals surface area contributed by atoms with Crippen LogP contribution >= 0.6 is 12.2 Å². The molecule has 0 aromatic heterocycles. The molecule has 0 saturated heterocycles. The first-order valence-corrected chi connectivity index (χ1v) is 5.34. The third-order valence-electron chi connectivity index (χ3n) is 1.81. The summed E-state index contributed by atoms with van der Waals surface area (Å²) in [5.41, 5.74) is 5.25. The van der Waals surface area contributed by atoms with E-state index in [4.69, 9.17) is 5.73 Å². The van der Waals surface area contributed by atoms with E-state index in [0.717, 1.165) is 6.42 Å². The van der Waals surface area contributed by atoms with Gasteiger partial charge in [0.25, 0.3) is 0 Å². The summed E-state index contributed by atoms with van der Waals surface area (Å²) >= 11 is 4.64. The van der Waals surface area contributed by atoms with Gasteiger partial charge < -0.3 is 11.1 Å². The third kappa shape index (κ3) is 11.2. The van der Waals surface area contributed by atoms with Crippen molar-refractivity contribution in [1.29, 1.82) is 0 Å². The molecule has 0 fully saturated rings. The minimum absolute atomic E-state index is 0.360. The van der Waals surface area contributed by atoms with Crippen molar-refractivity contribution >= 4 is 23.1 Å². The zero-order valence-electron chi connectivity index (χ0n) is 8.77. The lowest BCUT2D eigenvalue weighted by molar-refractivity contribution is -0.144. The first kappa shape index (κ1) is 15.2. The number of nitrogens with two attached hydrogens (primary N) is 1.